The van der Waals surface area contributed by atoms with Gasteiger partial charge in [0.2, 0.25) is 20.0 Å². The second-order valence-electron chi connectivity index (χ2n) is 6.43. The molecule has 2 rings (SSSR count). The van der Waals surface area contributed by atoms with Crippen LogP contribution in [0.4, 0.5) is 11.4 Å². The topological polar surface area (TPSA) is 121 Å². The highest BCUT2D eigenvalue weighted by molar-refractivity contribution is 7.92. The summed E-state index contributed by atoms with van der Waals surface area (Å²) in [5.74, 6) is -0.438. The third-order valence-electron chi connectivity index (χ3n) is 3.99. The van der Waals surface area contributed by atoms with Crippen LogP contribution in [0.15, 0.2) is 47.4 Å². The molecule has 3 N–H and O–H groups in total. The fraction of sp³-hybridized carbons (Fsp3) is 0.316. The molecule has 0 fully saturated rings. The fourth-order valence-electron chi connectivity index (χ4n) is 2.61. The van der Waals surface area contributed by atoms with Crippen molar-refractivity contribution in [3.63, 3.8) is 0 Å². The first-order valence-electron chi connectivity index (χ1n) is 9.10. The molecule has 0 bridgehead atoms. The van der Waals surface area contributed by atoms with E-state index in [1.54, 1.807) is 51.1 Å². The van der Waals surface area contributed by atoms with Gasteiger partial charge in [-0.3, -0.25) is 9.52 Å². The Kier molecular flexibility index (Phi) is 7.39. The molecule has 2 aromatic rings. The zero-order chi connectivity index (χ0) is 21.7. The summed E-state index contributed by atoms with van der Waals surface area (Å²) >= 11 is 0. The van der Waals surface area contributed by atoms with E-state index in [-0.39, 0.29) is 22.8 Å². The third kappa shape index (κ3) is 6.28. The molecule has 0 heterocycles. The molecule has 0 aliphatic heterocycles. The molecule has 8 nitrogen and oxygen atoms in total. The Balaban J connectivity index is 2.18. The number of aryl methyl sites for hydroxylation is 1. The summed E-state index contributed by atoms with van der Waals surface area (Å²) in [5, 5.41) is 2.69. The fourth-order valence-corrected chi connectivity index (χ4v) is 4.81. The summed E-state index contributed by atoms with van der Waals surface area (Å²) < 4.78 is 52.8. The van der Waals surface area contributed by atoms with E-state index in [1.165, 1.54) is 12.1 Å². The van der Waals surface area contributed by atoms with Gasteiger partial charge in [0, 0.05) is 23.5 Å². The van der Waals surface area contributed by atoms with Crippen molar-refractivity contribution in [3.8, 4) is 0 Å². The summed E-state index contributed by atoms with van der Waals surface area (Å²) in [4.78, 5) is 12.6. The Bertz CT molecular complexity index is 1080. The third-order valence-corrected chi connectivity index (χ3v) is 7.02. The normalized spacial score (nSPS) is 11.8. The van der Waals surface area contributed by atoms with Gasteiger partial charge >= 0.3 is 0 Å². The molecular weight excluding hydrogens is 414 g/mol. The molecule has 0 unspecified atom stereocenters. The van der Waals surface area contributed by atoms with Crippen LogP contribution in [0.5, 0.6) is 0 Å². The van der Waals surface area contributed by atoms with Crippen LogP contribution in [0.3, 0.4) is 0 Å². The summed E-state index contributed by atoms with van der Waals surface area (Å²) in [6, 6.07) is 10.6. The smallest absolute Gasteiger partial charge is 0.255 e. The lowest BCUT2D eigenvalue weighted by atomic mass is 10.1. The molecule has 0 saturated heterocycles. The van der Waals surface area contributed by atoms with Gasteiger partial charge in [-0.25, -0.2) is 21.6 Å². The monoisotopic (exact) mass is 439 g/mol. The van der Waals surface area contributed by atoms with E-state index >= 15 is 0 Å². The van der Waals surface area contributed by atoms with Gasteiger partial charge in [0.25, 0.3) is 5.91 Å². The van der Waals surface area contributed by atoms with Gasteiger partial charge in [-0.2, -0.15) is 0 Å². The molecule has 158 valence electrons. The van der Waals surface area contributed by atoms with Crippen molar-refractivity contribution in [3.05, 3.63) is 53.6 Å². The Labute approximate surface area is 171 Å². The maximum atomic E-state index is 12.6. The SMILES string of the molecule is CCCS(=O)(=O)Nc1ccc(NC(=O)c2cc(S(=O)(=O)NCC)ccc2C)cc1. The Morgan fingerprint density at radius 1 is 0.931 bits per heavy atom. The van der Waals surface area contributed by atoms with Crippen molar-refractivity contribution in [1.82, 2.24) is 4.72 Å². The summed E-state index contributed by atoms with van der Waals surface area (Å²) in [6.45, 7) is 5.40. The number of rotatable bonds is 9. The Morgan fingerprint density at radius 2 is 1.55 bits per heavy atom. The number of anilines is 2. The maximum Gasteiger partial charge on any atom is 0.255 e. The lowest BCUT2D eigenvalue weighted by molar-refractivity contribution is 0.102. The van der Waals surface area contributed by atoms with Gasteiger partial charge < -0.3 is 5.32 Å². The predicted octanol–water partition coefficient (Wildman–Crippen LogP) is 2.70. The van der Waals surface area contributed by atoms with Crippen LogP contribution in [0.1, 0.15) is 36.2 Å². The van der Waals surface area contributed by atoms with Crippen LogP contribution >= 0.6 is 0 Å². The molecule has 29 heavy (non-hydrogen) atoms. The van der Waals surface area contributed by atoms with Crippen molar-refractivity contribution in [2.45, 2.75) is 32.1 Å². The summed E-state index contributed by atoms with van der Waals surface area (Å²) in [6.07, 6.45) is 0.505. The lowest BCUT2D eigenvalue weighted by Gasteiger charge is -2.11. The van der Waals surface area contributed by atoms with Crippen LogP contribution in [-0.4, -0.2) is 35.0 Å². The highest BCUT2D eigenvalue weighted by Crippen LogP contribution is 2.19. The first-order chi connectivity index (χ1) is 13.6. The van der Waals surface area contributed by atoms with E-state index in [0.29, 0.717) is 23.4 Å². The van der Waals surface area contributed by atoms with E-state index in [4.69, 9.17) is 0 Å². The highest BCUT2D eigenvalue weighted by Gasteiger charge is 2.17. The average molecular weight is 440 g/mol. The van der Waals surface area contributed by atoms with Crippen LogP contribution in [0.25, 0.3) is 0 Å². The van der Waals surface area contributed by atoms with E-state index in [9.17, 15) is 21.6 Å². The van der Waals surface area contributed by atoms with Crippen LogP contribution in [-0.2, 0) is 20.0 Å². The highest BCUT2D eigenvalue weighted by atomic mass is 32.2. The maximum absolute atomic E-state index is 12.6. The second-order valence-corrected chi connectivity index (χ2v) is 10.0. The quantitative estimate of drug-likeness (QED) is 0.555. The van der Waals surface area contributed by atoms with Crippen LogP contribution < -0.4 is 14.8 Å². The molecule has 0 aliphatic rings. The number of carbonyl (C=O) groups is 1. The number of hydrogen-bond donors (Lipinski definition) is 3. The molecule has 0 aromatic heterocycles. The number of amides is 1. The van der Waals surface area contributed by atoms with E-state index in [1.807, 2.05) is 0 Å². The summed E-state index contributed by atoms with van der Waals surface area (Å²) in [5.41, 5.74) is 1.71. The second kappa shape index (κ2) is 9.38. The largest absolute Gasteiger partial charge is 0.322 e. The molecular formula is C19H25N3O5S2. The minimum absolute atomic E-state index is 0.00998. The van der Waals surface area contributed by atoms with E-state index < -0.39 is 26.0 Å². The van der Waals surface area contributed by atoms with Crippen LogP contribution in [0.2, 0.25) is 0 Å². The van der Waals surface area contributed by atoms with Gasteiger partial charge in [0.05, 0.1) is 10.6 Å². The number of nitrogens with one attached hydrogen (secondary N) is 3. The molecule has 2 aromatic carbocycles. The van der Waals surface area contributed by atoms with Crippen molar-refractivity contribution >= 4 is 37.3 Å². The Hall–Kier alpha value is -2.43. The molecule has 0 radical (unpaired) electrons. The molecule has 0 saturated carbocycles. The van der Waals surface area contributed by atoms with E-state index in [0.717, 1.165) is 0 Å². The van der Waals surface area contributed by atoms with Gasteiger partial charge in [-0.05, 0) is 55.3 Å². The first-order valence-corrected chi connectivity index (χ1v) is 12.2. The lowest BCUT2D eigenvalue weighted by Crippen LogP contribution is -2.24. The summed E-state index contributed by atoms with van der Waals surface area (Å²) in [7, 11) is -7.07. The molecule has 0 spiro atoms. The average Bonchev–Trinajstić information content (AvgIpc) is 2.63. The number of hydrogen-bond acceptors (Lipinski definition) is 5. The van der Waals surface area contributed by atoms with Crippen molar-refractivity contribution in [2.75, 3.05) is 22.3 Å². The van der Waals surface area contributed by atoms with Gasteiger partial charge in [-0.15, -0.1) is 0 Å². The van der Waals surface area contributed by atoms with Gasteiger partial charge in [0.1, 0.15) is 0 Å². The standard InChI is InChI=1S/C19H25N3O5S2/c1-4-12-28(24,25)22-16-9-7-15(8-10-16)21-19(23)18-13-17(11-6-14(18)3)29(26,27)20-5-2/h6-11,13,20,22H,4-5,12H2,1-3H3,(H,21,23). The van der Waals surface area contributed by atoms with E-state index in [2.05, 4.69) is 14.8 Å². The zero-order valence-corrected chi connectivity index (χ0v) is 18.2. The van der Waals surface area contributed by atoms with Gasteiger partial charge in [-0.1, -0.05) is 19.9 Å². The molecule has 0 atom stereocenters. The molecule has 10 heteroatoms. The molecule has 0 aliphatic carbocycles. The zero-order valence-electron chi connectivity index (χ0n) is 16.5. The van der Waals surface area contributed by atoms with Gasteiger partial charge in [0.15, 0.2) is 0 Å². The number of benzene rings is 2. The van der Waals surface area contributed by atoms with Crippen molar-refractivity contribution in [1.29, 1.82) is 0 Å². The minimum atomic E-state index is -3.68. The van der Waals surface area contributed by atoms with Crippen molar-refractivity contribution < 1.29 is 21.6 Å². The van der Waals surface area contributed by atoms with Crippen LogP contribution in [0, 0.1) is 6.92 Å². The molecule has 1 amide bonds. The van der Waals surface area contributed by atoms with Crippen molar-refractivity contribution in [2.24, 2.45) is 0 Å². The first kappa shape index (κ1) is 22.9. The number of sulfonamides is 2. The predicted molar refractivity (Wildman–Crippen MR) is 114 cm³/mol. The minimum Gasteiger partial charge on any atom is -0.322 e. The number of carbonyl (C=O) groups excluding carboxylic acids is 1. The Morgan fingerprint density at radius 3 is 2.14 bits per heavy atom.